The minimum Gasteiger partial charge on any atom is -0.488 e. The molecule has 6 nitrogen and oxygen atoms in total. The molecular weight excluding hydrogens is 471 g/mol. The van der Waals surface area contributed by atoms with E-state index < -0.39 is 17.8 Å². The summed E-state index contributed by atoms with van der Waals surface area (Å²) in [7, 11) is 0. The molecule has 1 heterocycles. The first kappa shape index (κ1) is 23.9. The number of amides is 4. The number of barbiturate groups is 1. The smallest absolute Gasteiger partial charge is 0.335 e. The number of nitrogens with zero attached hydrogens (tertiary/aromatic N) is 1. The standard InChI is InChI=1S/C30H23FN2O4/c1-18-7-13-26(19(2)15-18)33-29(35)25(28(34)32-30(33)36)16-24-23-6-4-3-5-21(23)10-14-27(24)37-17-20-8-11-22(31)12-9-20/h3-16H,17H2,1-2H3,(H,32,34,36)/b25-16+. The van der Waals surface area contributed by atoms with Crippen LogP contribution in [0.15, 0.2) is 84.4 Å². The maximum Gasteiger partial charge on any atom is 0.335 e. The molecule has 37 heavy (non-hydrogen) atoms. The normalized spacial score (nSPS) is 14.8. The van der Waals surface area contributed by atoms with E-state index in [0.717, 1.165) is 32.4 Å². The van der Waals surface area contributed by atoms with Crippen LogP contribution in [-0.2, 0) is 16.2 Å². The highest BCUT2D eigenvalue weighted by Gasteiger charge is 2.37. The molecule has 0 bridgehead atoms. The highest BCUT2D eigenvalue weighted by Crippen LogP contribution is 2.33. The highest BCUT2D eigenvalue weighted by atomic mass is 19.1. The number of fused-ring (bicyclic) bond motifs is 1. The van der Waals surface area contributed by atoms with E-state index in [9.17, 15) is 18.8 Å². The minimum atomic E-state index is -0.801. The molecule has 5 rings (SSSR count). The first-order chi connectivity index (χ1) is 17.8. The fourth-order valence-corrected chi connectivity index (χ4v) is 4.37. The van der Waals surface area contributed by atoms with Crippen molar-refractivity contribution in [3.05, 3.63) is 113 Å². The van der Waals surface area contributed by atoms with E-state index in [-0.39, 0.29) is 18.0 Å². The Labute approximate surface area is 213 Å². The third-order valence-corrected chi connectivity index (χ3v) is 6.22. The average molecular weight is 495 g/mol. The van der Waals surface area contributed by atoms with E-state index in [4.69, 9.17) is 4.74 Å². The Morgan fingerprint density at radius 2 is 1.68 bits per heavy atom. The summed E-state index contributed by atoms with van der Waals surface area (Å²) in [6, 6.07) is 21.7. The van der Waals surface area contributed by atoms with Crippen LogP contribution in [-0.4, -0.2) is 17.8 Å². The molecule has 0 atom stereocenters. The van der Waals surface area contributed by atoms with Crippen LogP contribution in [0.2, 0.25) is 0 Å². The van der Waals surface area contributed by atoms with Crippen LogP contribution in [0.4, 0.5) is 14.9 Å². The second kappa shape index (κ2) is 9.70. The van der Waals surface area contributed by atoms with Crippen LogP contribution in [0, 0.1) is 19.7 Å². The third-order valence-electron chi connectivity index (χ3n) is 6.22. The molecule has 4 aromatic rings. The molecule has 0 aliphatic carbocycles. The van der Waals surface area contributed by atoms with Gasteiger partial charge in [-0.1, -0.05) is 60.2 Å². The van der Waals surface area contributed by atoms with Crippen molar-refractivity contribution in [3.63, 3.8) is 0 Å². The summed E-state index contributed by atoms with van der Waals surface area (Å²) in [4.78, 5) is 40.1. The Morgan fingerprint density at radius 1 is 0.919 bits per heavy atom. The van der Waals surface area contributed by atoms with Crippen molar-refractivity contribution in [3.8, 4) is 5.75 Å². The van der Waals surface area contributed by atoms with Gasteiger partial charge < -0.3 is 4.74 Å². The summed E-state index contributed by atoms with van der Waals surface area (Å²) in [6.45, 7) is 3.87. The summed E-state index contributed by atoms with van der Waals surface area (Å²) in [5.41, 5.74) is 3.20. The molecule has 0 unspecified atom stereocenters. The Morgan fingerprint density at radius 3 is 2.43 bits per heavy atom. The van der Waals surface area contributed by atoms with Gasteiger partial charge in [-0.05, 0) is 66.1 Å². The van der Waals surface area contributed by atoms with Gasteiger partial charge in [-0.15, -0.1) is 0 Å². The summed E-state index contributed by atoms with van der Waals surface area (Å²) in [5.74, 6) is -1.41. The summed E-state index contributed by atoms with van der Waals surface area (Å²) >= 11 is 0. The van der Waals surface area contributed by atoms with E-state index >= 15 is 0 Å². The fourth-order valence-electron chi connectivity index (χ4n) is 4.37. The molecule has 0 spiro atoms. The molecule has 0 saturated carbocycles. The zero-order chi connectivity index (χ0) is 26.1. The van der Waals surface area contributed by atoms with Crippen LogP contribution < -0.4 is 15.0 Å². The van der Waals surface area contributed by atoms with Gasteiger partial charge in [0, 0.05) is 5.56 Å². The second-order valence-electron chi connectivity index (χ2n) is 8.86. The summed E-state index contributed by atoms with van der Waals surface area (Å²) < 4.78 is 19.4. The molecule has 0 aromatic heterocycles. The van der Waals surface area contributed by atoms with Crippen molar-refractivity contribution < 1.29 is 23.5 Å². The number of ether oxygens (including phenoxy) is 1. The van der Waals surface area contributed by atoms with Crippen molar-refractivity contribution >= 4 is 40.4 Å². The zero-order valence-corrected chi connectivity index (χ0v) is 20.2. The third kappa shape index (κ3) is 4.71. The molecule has 7 heteroatoms. The molecule has 1 fully saturated rings. The van der Waals surface area contributed by atoms with Gasteiger partial charge in [-0.3, -0.25) is 14.9 Å². The number of rotatable bonds is 5. The number of urea groups is 1. The highest BCUT2D eigenvalue weighted by molar-refractivity contribution is 6.39. The van der Waals surface area contributed by atoms with Crippen LogP contribution in [0.25, 0.3) is 16.8 Å². The topological polar surface area (TPSA) is 75.7 Å². The number of imide groups is 2. The number of hydrogen-bond donors (Lipinski definition) is 1. The molecule has 1 N–H and O–H groups in total. The molecule has 1 aliphatic rings. The van der Waals surface area contributed by atoms with E-state index in [1.807, 2.05) is 43.3 Å². The zero-order valence-electron chi connectivity index (χ0n) is 20.2. The molecule has 0 radical (unpaired) electrons. The Bertz CT molecular complexity index is 1590. The largest absolute Gasteiger partial charge is 0.488 e. The number of halogens is 1. The number of carbonyl (C=O) groups is 3. The number of carbonyl (C=O) groups excluding carboxylic acids is 3. The monoisotopic (exact) mass is 494 g/mol. The predicted molar refractivity (Wildman–Crippen MR) is 140 cm³/mol. The van der Waals surface area contributed by atoms with E-state index in [0.29, 0.717) is 17.0 Å². The number of anilines is 1. The summed E-state index contributed by atoms with van der Waals surface area (Å²) in [5, 5.41) is 3.93. The van der Waals surface area contributed by atoms with Crippen LogP contribution in [0.3, 0.4) is 0 Å². The van der Waals surface area contributed by atoms with Crippen molar-refractivity contribution in [2.45, 2.75) is 20.5 Å². The van der Waals surface area contributed by atoms with E-state index in [1.54, 1.807) is 37.3 Å². The van der Waals surface area contributed by atoms with Gasteiger partial charge in [-0.25, -0.2) is 14.1 Å². The lowest BCUT2D eigenvalue weighted by molar-refractivity contribution is -0.122. The first-order valence-corrected chi connectivity index (χ1v) is 11.7. The predicted octanol–water partition coefficient (Wildman–Crippen LogP) is 5.84. The molecule has 184 valence electrons. The molecule has 1 saturated heterocycles. The van der Waals surface area contributed by atoms with Crippen molar-refractivity contribution in [2.24, 2.45) is 0 Å². The Hall–Kier alpha value is -4.78. The van der Waals surface area contributed by atoms with Gasteiger partial charge in [0.2, 0.25) is 0 Å². The lowest BCUT2D eigenvalue weighted by Crippen LogP contribution is -2.54. The number of aryl methyl sites for hydroxylation is 2. The first-order valence-electron chi connectivity index (χ1n) is 11.7. The number of hydrogen-bond acceptors (Lipinski definition) is 4. The molecule has 1 aliphatic heterocycles. The lowest BCUT2D eigenvalue weighted by atomic mass is 9.99. The lowest BCUT2D eigenvalue weighted by Gasteiger charge is -2.28. The van der Waals surface area contributed by atoms with E-state index in [1.165, 1.54) is 18.2 Å². The van der Waals surface area contributed by atoms with Gasteiger partial charge in [0.1, 0.15) is 23.7 Å². The van der Waals surface area contributed by atoms with Gasteiger partial charge in [-0.2, -0.15) is 0 Å². The van der Waals surface area contributed by atoms with Crippen LogP contribution in [0.1, 0.15) is 22.3 Å². The number of nitrogens with one attached hydrogen (secondary N) is 1. The van der Waals surface area contributed by atoms with Crippen molar-refractivity contribution in [2.75, 3.05) is 4.90 Å². The molecule has 4 aromatic carbocycles. The van der Waals surface area contributed by atoms with Crippen molar-refractivity contribution in [1.29, 1.82) is 0 Å². The Balaban J connectivity index is 1.58. The fraction of sp³-hybridized carbons (Fsp3) is 0.100. The van der Waals surface area contributed by atoms with Gasteiger partial charge in [0.05, 0.1) is 5.69 Å². The molecular formula is C30H23FN2O4. The van der Waals surface area contributed by atoms with E-state index in [2.05, 4.69) is 5.32 Å². The minimum absolute atomic E-state index is 0.155. The summed E-state index contributed by atoms with van der Waals surface area (Å²) in [6.07, 6.45) is 1.46. The Kier molecular flexibility index (Phi) is 6.27. The van der Waals surface area contributed by atoms with Gasteiger partial charge in [0.25, 0.3) is 11.8 Å². The molecule has 4 amide bonds. The average Bonchev–Trinajstić information content (AvgIpc) is 2.87. The SMILES string of the molecule is Cc1ccc(N2C(=O)NC(=O)/C(=C\c3c(OCc4ccc(F)cc4)ccc4ccccc34)C2=O)c(C)c1. The maximum atomic E-state index is 13.5. The van der Waals surface area contributed by atoms with Crippen LogP contribution >= 0.6 is 0 Å². The van der Waals surface area contributed by atoms with Gasteiger partial charge >= 0.3 is 6.03 Å². The quantitative estimate of drug-likeness (QED) is 0.279. The van der Waals surface area contributed by atoms with Crippen molar-refractivity contribution in [1.82, 2.24) is 5.32 Å². The van der Waals surface area contributed by atoms with Crippen LogP contribution in [0.5, 0.6) is 5.75 Å². The second-order valence-corrected chi connectivity index (χ2v) is 8.86. The van der Waals surface area contributed by atoms with Gasteiger partial charge in [0.15, 0.2) is 0 Å². The number of benzene rings is 4. The maximum absolute atomic E-state index is 13.5.